The van der Waals surface area contributed by atoms with Crippen molar-refractivity contribution in [2.45, 2.75) is 52.7 Å². The lowest BCUT2D eigenvalue weighted by atomic mass is 9.89. The number of likely N-dealkylation sites (N-methyl/N-ethyl adjacent to an activating group) is 1. The van der Waals surface area contributed by atoms with Gasteiger partial charge in [0.25, 0.3) is 0 Å². The molecule has 0 aliphatic carbocycles. The van der Waals surface area contributed by atoms with E-state index in [2.05, 4.69) is 63.8 Å². The minimum atomic E-state index is -0.455. The van der Waals surface area contributed by atoms with Crippen LogP contribution < -0.4 is 0 Å². The molecule has 1 N–H and O–H groups in total. The topological polar surface area (TPSA) is 23.5 Å². The van der Waals surface area contributed by atoms with Gasteiger partial charge in [0.2, 0.25) is 0 Å². The quantitative estimate of drug-likeness (QED) is 0.835. The van der Waals surface area contributed by atoms with Gasteiger partial charge in [0.1, 0.15) is 0 Å². The number of benzene rings is 1. The number of aryl methyl sites for hydroxylation is 1. The highest BCUT2D eigenvalue weighted by Crippen LogP contribution is 2.30. The zero-order valence-corrected chi connectivity index (χ0v) is 12.4. The predicted octanol–water partition coefficient (Wildman–Crippen LogP) is 3.40. The van der Waals surface area contributed by atoms with Gasteiger partial charge in [-0.05, 0) is 44.5 Å². The summed E-state index contributed by atoms with van der Waals surface area (Å²) in [5, 5.41) is 10.6. The van der Waals surface area contributed by atoms with Crippen LogP contribution in [0.25, 0.3) is 0 Å². The van der Waals surface area contributed by atoms with Crippen molar-refractivity contribution in [1.29, 1.82) is 0 Å². The second-order valence-electron chi connectivity index (χ2n) is 5.32. The van der Waals surface area contributed by atoms with Crippen LogP contribution in [-0.4, -0.2) is 28.6 Å². The first-order valence-electron chi connectivity index (χ1n) is 6.99. The highest BCUT2D eigenvalue weighted by Gasteiger charge is 2.33. The van der Waals surface area contributed by atoms with Crippen molar-refractivity contribution in [1.82, 2.24) is 4.90 Å². The fourth-order valence-corrected chi connectivity index (χ4v) is 2.56. The fraction of sp³-hybridized carbons (Fsp3) is 0.625. The largest absolute Gasteiger partial charge is 0.386 e. The average molecular weight is 249 g/mol. The van der Waals surface area contributed by atoms with Gasteiger partial charge in [-0.3, -0.25) is 4.90 Å². The van der Waals surface area contributed by atoms with Crippen LogP contribution in [0.1, 0.15) is 51.8 Å². The molecule has 2 nitrogen and oxygen atoms in total. The van der Waals surface area contributed by atoms with Crippen LogP contribution in [0.2, 0.25) is 0 Å². The van der Waals surface area contributed by atoms with E-state index in [0.717, 1.165) is 25.1 Å². The molecule has 0 bridgehead atoms. The van der Waals surface area contributed by atoms with Crippen LogP contribution in [0.5, 0.6) is 0 Å². The maximum absolute atomic E-state index is 10.6. The highest BCUT2D eigenvalue weighted by atomic mass is 16.3. The van der Waals surface area contributed by atoms with E-state index < -0.39 is 6.10 Å². The van der Waals surface area contributed by atoms with Gasteiger partial charge in [-0.25, -0.2) is 0 Å². The van der Waals surface area contributed by atoms with Gasteiger partial charge in [-0.1, -0.05) is 45.0 Å². The maximum Gasteiger partial charge on any atom is 0.0968 e. The summed E-state index contributed by atoms with van der Waals surface area (Å²) in [7, 11) is 0. The van der Waals surface area contributed by atoms with E-state index in [4.69, 9.17) is 0 Å². The lowest BCUT2D eigenvalue weighted by Gasteiger charge is -2.41. The molecule has 0 fully saturated rings. The first-order valence-corrected chi connectivity index (χ1v) is 6.99. The molecule has 0 spiro atoms. The Morgan fingerprint density at radius 3 is 1.94 bits per heavy atom. The Balaban J connectivity index is 2.93. The number of aliphatic hydroxyl groups is 1. The Hall–Kier alpha value is -0.860. The molecule has 0 saturated carbocycles. The van der Waals surface area contributed by atoms with E-state index in [1.807, 2.05) is 0 Å². The van der Waals surface area contributed by atoms with Crippen LogP contribution in [0, 0.1) is 0 Å². The molecular formula is C16H27NO. The Morgan fingerprint density at radius 1 is 1.06 bits per heavy atom. The number of nitrogens with zero attached hydrogens (tertiary/aromatic N) is 1. The standard InChI is InChI=1S/C16H27NO/c1-6-13-9-11-14(12-10-13)15(18)16(4,5)17(7-2)8-3/h9-12,15,18H,6-8H2,1-5H3. The summed E-state index contributed by atoms with van der Waals surface area (Å²) in [5.41, 5.74) is 2.08. The van der Waals surface area contributed by atoms with E-state index in [1.165, 1.54) is 5.56 Å². The second kappa shape index (κ2) is 6.35. The van der Waals surface area contributed by atoms with Gasteiger partial charge in [0.15, 0.2) is 0 Å². The Morgan fingerprint density at radius 2 is 1.56 bits per heavy atom. The summed E-state index contributed by atoms with van der Waals surface area (Å²) in [5.74, 6) is 0. The maximum atomic E-state index is 10.6. The minimum Gasteiger partial charge on any atom is -0.386 e. The molecule has 18 heavy (non-hydrogen) atoms. The number of aliphatic hydroxyl groups excluding tert-OH is 1. The van der Waals surface area contributed by atoms with Gasteiger partial charge in [0.05, 0.1) is 6.10 Å². The van der Waals surface area contributed by atoms with Crippen molar-refractivity contribution in [2.24, 2.45) is 0 Å². The monoisotopic (exact) mass is 249 g/mol. The first-order chi connectivity index (χ1) is 8.47. The Kier molecular flexibility index (Phi) is 5.36. The van der Waals surface area contributed by atoms with Crippen LogP contribution in [0.15, 0.2) is 24.3 Å². The molecule has 0 amide bonds. The van der Waals surface area contributed by atoms with Crippen molar-refractivity contribution < 1.29 is 5.11 Å². The fourth-order valence-electron chi connectivity index (χ4n) is 2.56. The number of hydrogen-bond acceptors (Lipinski definition) is 2. The summed E-state index contributed by atoms with van der Waals surface area (Å²) in [6.45, 7) is 12.5. The van der Waals surface area contributed by atoms with Crippen LogP contribution in [0.3, 0.4) is 0 Å². The van der Waals surface area contributed by atoms with E-state index in [9.17, 15) is 5.11 Å². The normalized spacial score (nSPS) is 13.9. The van der Waals surface area contributed by atoms with E-state index >= 15 is 0 Å². The molecule has 1 aromatic rings. The highest BCUT2D eigenvalue weighted by molar-refractivity contribution is 5.26. The smallest absolute Gasteiger partial charge is 0.0968 e. The van der Waals surface area contributed by atoms with Gasteiger partial charge in [-0.15, -0.1) is 0 Å². The lowest BCUT2D eigenvalue weighted by Crippen LogP contribution is -2.48. The summed E-state index contributed by atoms with van der Waals surface area (Å²) in [6.07, 6.45) is 0.582. The van der Waals surface area contributed by atoms with E-state index in [-0.39, 0.29) is 5.54 Å². The van der Waals surface area contributed by atoms with Crippen LogP contribution in [0.4, 0.5) is 0 Å². The molecule has 0 saturated heterocycles. The molecule has 0 aliphatic heterocycles. The molecule has 1 unspecified atom stereocenters. The summed E-state index contributed by atoms with van der Waals surface area (Å²) in [4.78, 5) is 2.30. The zero-order valence-electron chi connectivity index (χ0n) is 12.4. The van der Waals surface area contributed by atoms with Gasteiger partial charge in [0, 0.05) is 5.54 Å². The third-order valence-corrected chi connectivity index (χ3v) is 3.95. The lowest BCUT2D eigenvalue weighted by molar-refractivity contribution is -0.00627. The van der Waals surface area contributed by atoms with Gasteiger partial charge < -0.3 is 5.11 Å². The van der Waals surface area contributed by atoms with Crippen molar-refractivity contribution in [3.05, 3.63) is 35.4 Å². The van der Waals surface area contributed by atoms with E-state index in [1.54, 1.807) is 0 Å². The molecule has 0 heterocycles. The molecule has 2 heteroatoms. The average Bonchev–Trinajstić information content (AvgIpc) is 2.39. The molecular weight excluding hydrogens is 222 g/mol. The van der Waals surface area contributed by atoms with Crippen LogP contribution >= 0.6 is 0 Å². The van der Waals surface area contributed by atoms with Crippen molar-refractivity contribution in [2.75, 3.05) is 13.1 Å². The van der Waals surface area contributed by atoms with Gasteiger partial charge >= 0.3 is 0 Å². The third kappa shape index (κ3) is 3.12. The van der Waals surface area contributed by atoms with Crippen LogP contribution in [-0.2, 0) is 6.42 Å². The Labute approximate surface area is 112 Å². The Bertz CT molecular complexity index is 352. The molecule has 0 aromatic heterocycles. The van der Waals surface area contributed by atoms with Crippen molar-refractivity contribution in [3.63, 3.8) is 0 Å². The van der Waals surface area contributed by atoms with E-state index in [0.29, 0.717) is 0 Å². The number of rotatable bonds is 6. The van der Waals surface area contributed by atoms with Gasteiger partial charge in [-0.2, -0.15) is 0 Å². The predicted molar refractivity (Wildman–Crippen MR) is 77.8 cm³/mol. The summed E-state index contributed by atoms with van der Waals surface area (Å²) < 4.78 is 0. The van der Waals surface area contributed by atoms with Crippen molar-refractivity contribution in [3.8, 4) is 0 Å². The minimum absolute atomic E-state index is 0.239. The molecule has 1 atom stereocenters. The second-order valence-corrected chi connectivity index (χ2v) is 5.32. The molecule has 1 aromatic carbocycles. The third-order valence-electron chi connectivity index (χ3n) is 3.95. The summed E-state index contributed by atoms with van der Waals surface area (Å²) >= 11 is 0. The molecule has 0 radical (unpaired) electrons. The molecule has 102 valence electrons. The SMILES string of the molecule is CCc1ccc(C(O)C(C)(C)N(CC)CC)cc1. The zero-order chi connectivity index (χ0) is 13.8. The molecule has 1 rings (SSSR count). The number of hydrogen-bond donors (Lipinski definition) is 1. The van der Waals surface area contributed by atoms with Crippen molar-refractivity contribution >= 4 is 0 Å². The molecule has 0 aliphatic rings. The summed E-state index contributed by atoms with van der Waals surface area (Å²) in [6, 6.07) is 8.32. The first kappa shape index (κ1) is 15.2.